The van der Waals surface area contributed by atoms with Gasteiger partial charge in [-0.25, -0.2) is 19.2 Å². The van der Waals surface area contributed by atoms with E-state index in [1.165, 1.54) is 25.6 Å². The average Bonchev–Trinajstić information content (AvgIpc) is 3.44. The molecule has 0 spiro atoms. The third-order valence-electron chi connectivity index (χ3n) is 6.10. The number of ether oxygens (including phenoxy) is 4. The van der Waals surface area contributed by atoms with Crippen LogP contribution in [-0.4, -0.2) is 56.8 Å². The first kappa shape index (κ1) is 21.9. The van der Waals surface area contributed by atoms with Gasteiger partial charge in [-0.2, -0.15) is 0 Å². The molecule has 174 valence electrons. The number of benzene rings is 1. The van der Waals surface area contributed by atoms with Crippen LogP contribution >= 0.6 is 0 Å². The molecule has 2 fully saturated rings. The van der Waals surface area contributed by atoms with Gasteiger partial charge in [0.2, 0.25) is 0 Å². The largest absolute Gasteiger partial charge is 0.465 e. The molecular formula is C23H24FN3O6. The number of carbonyl (C=O) groups is 1. The van der Waals surface area contributed by atoms with Crippen LogP contribution in [0.2, 0.25) is 0 Å². The van der Waals surface area contributed by atoms with Crippen molar-refractivity contribution in [3.8, 4) is 0 Å². The number of fused-ring (bicyclic) bond motifs is 2. The summed E-state index contributed by atoms with van der Waals surface area (Å²) in [4.78, 5) is 20.5. The van der Waals surface area contributed by atoms with E-state index < -0.39 is 48.2 Å². The summed E-state index contributed by atoms with van der Waals surface area (Å²) < 4.78 is 39.1. The van der Waals surface area contributed by atoms with Gasteiger partial charge in [0.15, 0.2) is 12.0 Å². The maximum Gasteiger partial charge on any atom is 0.340 e. The van der Waals surface area contributed by atoms with Crippen LogP contribution in [0, 0.1) is 12.7 Å². The predicted molar refractivity (Wildman–Crippen MR) is 113 cm³/mol. The molecule has 1 N–H and O–H groups in total. The molecule has 0 amide bonds. The highest BCUT2D eigenvalue weighted by atomic mass is 19.1. The smallest absolute Gasteiger partial charge is 0.340 e. The van der Waals surface area contributed by atoms with Crippen molar-refractivity contribution in [2.24, 2.45) is 0 Å². The van der Waals surface area contributed by atoms with E-state index in [9.17, 15) is 14.3 Å². The van der Waals surface area contributed by atoms with Crippen LogP contribution in [0.3, 0.4) is 0 Å². The molecule has 0 radical (unpaired) electrons. The number of rotatable bonds is 4. The molecule has 1 aromatic carbocycles. The standard InChI is InChI=1S/C23H24FN3O6/c1-11-13-7-8-27(20(13)26-10-25-11)21-19-18(32-23(2,3)33-19)17(31-21)16(28)12-5-6-15(24)14(9-12)22(29)30-4/h5-10,16-19,21,28H,1-4H3/t16-,17-,18-,19-,21-/m1/s1. The molecule has 9 nitrogen and oxygen atoms in total. The van der Waals surface area contributed by atoms with Gasteiger partial charge in [-0.3, -0.25) is 0 Å². The second-order valence-corrected chi connectivity index (χ2v) is 8.65. The number of aliphatic hydroxyl groups is 1. The molecule has 0 unspecified atom stereocenters. The Morgan fingerprint density at radius 2 is 2.00 bits per heavy atom. The molecule has 0 aliphatic carbocycles. The van der Waals surface area contributed by atoms with E-state index >= 15 is 0 Å². The van der Waals surface area contributed by atoms with Gasteiger partial charge in [0, 0.05) is 11.6 Å². The highest BCUT2D eigenvalue weighted by molar-refractivity contribution is 5.89. The molecule has 0 saturated carbocycles. The van der Waals surface area contributed by atoms with Crippen molar-refractivity contribution in [3.63, 3.8) is 0 Å². The van der Waals surface area contributed by atoms with E-state index in [0.29, 0.717) is 11.2 Å². The monoisotopic (exact) mass is 457 g/mol. The molecule has 5 rings (SSSR count). The molecule has 2 aromatic heterocycles. The summed E-state index contributed by atoms with van der Waals surface area (Å²) in [6.07, 6.45) is -0.539. The number of aryl methyl sites for hydroxylation is 1. The number of halogens is 1. The van der Waals surface area contributed by atoms with Crippen molar-refractivity contribution in [1.82, 2.24) is 14.5 Å². The molecule has 33 heavy (non-hydrogen) atoms. The molecule has 3 aromatic rings. The average molecular weight is 457 g/mol. The van der Waals surface area contributed by atoms with E-state index in [1.807, 2.05) is 23.8 Å². The molecule has 5 atom stereocenters. The van der Waals surface area contributed by atoms with Crippen LogP contribution in [0.15, 0.2) is 36.8 Å². The Labute approximate surface area is 189 Å². The van der Waals surface area contributed by atoms with Crippen LogP contribution in [0.1, 0.15) is 47.8 Å². The Bertz CT molecular complexity index is 1230. The van der Waals surface area contributed by atoms with Crippen LogP contribution in [0.25, 0.3) is 11.0 Å². The second kappa shape index (κ2) is 7.84. The van der Waals surface area contributed by atoms with Crippen LogP contribution in [-0.2, 0) is 18.9 Å². The van der Waals surface area contributed by atoms with Crippen molar-refractivity contribution >= 4 is 17.0 Å². The summed E-state index contributed by atoms with van der Waals surface area (Å²) in [5, 5.41) is 12.1. The van der Waals surface area contributed by atoms with Crippen molar-refractivity contribution < 1.29 is 33.2 Å². The van der Waals surface area contributed by atoms with Gasteiger partial charge < -0.3 is 28.6 Å². The quantitative estimate of drug-likeness (QED) is 0.597. The van der Waals surface area contributed by atoms with E-state index in [-0.39, 0.29) is 5.56 Å². The summed E-state index contributed by atoms with van der Waals surface area (Å²) >= 11 is 0. The minimum absolute atomic E-state index is 0.271. The summed E-state index contributed by atoms with van der Waals surface area (Å²) in [6, 6.07) is 5.68. The Balaban J connectivity index is 1.52. The lowest BCUT2D eigenvalue weighted by molar-refractivity contribution is -0.207. The summed E-state index contributed by atoms with van der Waals surface area (Å²) in [5.41, 5.74) is 1.53. The minimum atomic E-state index is -1.22. The van der Waals surface area contributed by atoms with E-state index in [4.69, 9.17) is 14.2 Å². The predicted octanol–water partition coefficient (Wildman–Crippen LogP) is 2.82. The topological polar surface area (TPSA) is 105 Å². The van der Waals surface area contributed by atoms with Gasteiger partial charge in [-0.15, -0.1) is 0 Å². The number of nitrogens with zero attached hydrogens (tertiary/aromatic N) is 3. The molecule has 2 saturated heterocycles. The highest BCUT2D eigenvalue weighted by Gasteiger charge is 2.58. The third kappa shape index (κ3) is 3.59. The normalized spacial score (nSPS) is 27.0. The second-order valence-electron chi connectivity index (χ2n) is 8.65. The van der Waals surface area contributed by atoms with Gasteiger partial charge in [-0.1, -0.05) is 6.07 Å². The van der Waals surface area contributed by atoms with Gasteiger partial charge >= 0.3 is 5.97 Å². The van der Waals surface area contributed by atoms with Gasteiger partial charge in [0.1, 0.15) is 42.2 Å². The number of carbonyl (C=O) groups excluding carboxylic acids is 1. The Kier molecular flexibility index (Phi) is 5.20. The maximum absolute atomic E-state index is 14.1. The zero-order valence-electron chi connectivity index (χ0n) is 18.6. The summed E-state index contributed by atoms with van der Waals surface area (Å²) in [7, 11) is 1.17. The SMILES string of the molecule is COC(=O)c1cc([C@@H](O)[C@H]2O[C@@H](n3ccc4c(C)ncnc43)[C@@H]3OC(C)(C)O[C@@H]32)ccc1F. The van der Waals surface area contributed by atoms with Gasteiger partial charge in [0.05, 0.1) is 18.4 Å². The number of hydrogen-bond acceptors (Lipinski definition) is 8. The van der Waals surface area contributed by atoms with Crippen molar-refractivity contribution in [2.45, 2.75) is 57.2 Å². The Morgan fingerprint density at radius 3 is 2.76 bits per heavy atom. The molecule has 2 aliphatic heterocycles. The fourth-order valence-electron chi connectivity index (χ4n) is 4.57. The zero-order chi connectivity index (χ0) is 23.5. The number of esters is 1. The van der Waals surface area contributed by atoms with E-state index in [2.05, 4.69) is 14.7 Å². The zero-order valence-corrected chi connectivity index (χ0v) is 18.6. The Morgan fingerprint density at radius 1 is 1.24 bits per heavy atom. The van der Waals surface area contributed by atoms with Gasteiger partial charge in [-0.05, 0) is 44.5 Å². The summed E-state index contributed by atoms with van der Waals surface area (Å²) in [6.45, 7) is 5.48. The minimum Gasteiger partial charge on any atom is -0.465 e. The van der Waals surface area contributed by atoms with Crippen LogP contribution in [0.5, 0.6) is 0 Å². The highest BCUT2D eigenvalue weighted by Crippen LogP contribution is 2.47. The van der Waals surface area contributed by atoms with Crippen LogP contribution in [0.4, 0.5) is 4.39 Å². The maximum atomic E-state index is 14.1. The first-order chi connectivity index (χ1) is 15.7. The van der Waals surface area contributed by atoms with Crippen molar-refractivity contribution in [3.05, 3.63) is 59.4 Å². The fourth-order valence-corrected chi connectivity index (χ4v) is 4.57. The fraction of sp³-hybridized carbons (Fsp3) is 0.435. The number of aliphatic hydroxyl groups excluding tert-OH is 1. The number of aromatic nitrogens is 3. The molecular weight excluding hydrogens is 433 g/mol. The first-order valence-corrected chi connectivity index (χ1v) is 10.6. The lowest BCUT2D eigenvalue weighted by Crippen LogP contribution is -2.34. The lowest BCUT2D eigenvalue weighted by Gasteiger charge is -2.27. The number of methoxy groups -OCH3 is 1. The van der Waals surface area contributed by atoms with Crippen LogP contribution < -0.4 is 0 Å². The van der Waals surface area contributed by atoms with Gasteiger partial charge in [0.25, 0.3) is 0 Å². The van der Waals surface area contributed by atoms with Crippen molar-refractivity contribution in [2.75, 3.05) is 7.11 Å². The lowest BCUT2D eigenvalue weighted by atomic mass is 9.97. The van der Waals surface area contributed by atoms with E-state index in [0.717, 1.165) is 17.1 Å². The molecule has 0 bridgehead atoms. The molecule has 2 aliphatic rings. The molecule has 10 heteroatoms. The van der Waals surface area contributed by atoms with E-state index in [1.54, 1.807) is 13.8 Å². The Hall–Kier alpha value is -2.92. The number of hydrogen-bond donors (Lipinski definition) is 1. The van der Waals surface area contributed by atoms with Crippen molar-refractivity contribution in [1.29, 1.82) is 0 Å². The third-order valence-corrected chi connectivity index (χ3v) is 6.10. The molecule has 4 heterocycles. The first-order valence-electron chi connectivity index (χ1n) is 10.6. The summed E-state index contributed by atoms with van der Waals surface area (Å²) in [5.74, 6) is -2.47.